The Bertz CT molecular complexity index is 812. The van der Waals surface area contributed by atoms with E-state index < -0.39 is 0 Å². The molecule has 5 heteroatoms. The molecule has 146 valence electrons. The first-order chi connectivity index (χ1) is 13.7. The minimum atomic E-state index is -0.0896. The van der Waals surface area contributed by atoms with Gasteiger partial charge in [-0.25, -0.2) is 0 Å². The van der Waals surface area contributed by atoms with E-state index >= 15 is 0 Å². The van der Waals surface area contributed by atoms with Gasteiger partial charge in [-0.1, -0.05) is 36.4 Å². The zero-order chi connectivity index (χ0) is 19.8. The SMILES string of the molecule is C=CCNC(=O)C1CCC(C(=O)Nc2ccccc2Oc2ccccc2)CC1. The lowest BCUT2D eigenvalue weighted by Crippen LogP contribution is -2.35. The number of carbonyl (C=O) groups is 2. The first kappa shape index (κ1) is 19.7. The lowest BCUT2D eigenvalue weighted by molar-refractivity contribution is -0.128. The van der Waals surface area contributed by atoms with Crippen LogP contribution in [0.3, 0.4) is 0 Å². The number of nitrogens with one attached hydrogen (secondary N) is 2. The topological polar surface area (TPSA) is 67.4 Å². The van der Waals surface area contributed by atoms with E-state index in [0.29, 0.717) is 30.8 Å². The molecule has 5 nitrogen and oxygen atoms in total. The van der Waals surface area contributed by atoms with Crippen molar-refractivity contribution in [1.82, 2.24) is 5.32 Å². The van der Waals surface area contributed by atoms with Crippen LogP contribution in [0.1, 0.15) is 25.7 Å². The zero-order valence-corrected chi connectivity index (χ0v) is 15.9. The van der Waals surface area contributed by atoms with E-state index in [-0.39, 0.29) is 23.7 Å². The van der Waals surface area contributed by atoms with E-state index in [1.54, 1.807) is 6.08 Å². The van der Waals surface area contributed by atoms with Crippen LogP contribution < -0.4 is 15.4 Å². The van der Waals surface area contributed by atoms with Crippen LogP contribution in [0, 0.1) is 11.8 Å². The van der Waals surface area contributed by atoms with Gasteiger partial charge in [0, 0.05) is 18.4 Å². The quantitative estimate of drug-likeness (QED) is 0.696. The lowest BCUT2D eigenvalue weighted by atomic mass is 9.81. The first-order valence-electron chi connectivity index (χ1n) is 9.68. The van der Waals surface area contributed by atoms with Gasteiger partial charge in [-0.3, -0.25) is 9.59 Å². The molecule has 0 radical (unpaired) electrons. The van der Waals surface area contributed by atoms with E-state index in [4.69, 9.17) is 4.74 Å². The molecule has 28 heavy (non-hydrogen) atoms. The molecule has 0 spiro atoms. The molecule has 0 heterocycles. The molecule has 1 aliphatic rings. The summed E-state index contributed by atoms with van der Waals surface area (Å²) in [4.78, 5) is 24.8. The summed E-state index contributed by atoms with van der Waals surface area (Å²) in [7, 11) is 0. The molecular formula is C23H26N2O3. The predicted octanol–water partition coefficient (Wildman–Crippen LogP) is 4.53. The molecule has 0 aliphatic heterocycles. The minimum Gasteiger partial charge on any atom is -0.455 e. The second-order valence-electron chi connectivity index (χ2n) is 6.98. The maximum atomic E-state index is 12.7. The van der Waals surface area contributed by atoms with Crippen molar-refractivity contribution in [2.45, 2.75) is 25.7 Å². The van der Waals surface area contributed by atoms with E-state index in [1.807, 2.05) is 54.6 Å². The molecule has 1 fully saturated rings. The van der Waals surface area contributed by atoms with Crippen molar-refractivity contribution in [1.29, 1.82) is 0 Å². The smallest absolute Gasteiger partial charge is 0.227 e. The van der Waals surface area contributed by atoms with Crippen LogP contribution in [0.4, 0.5) is 5.69 Å². The van der Waals surface area contributed by atoms with Gasteiger partial charge in [-0.15, -0.1) is 6.58 Å². The van der Waals surface area contributed by atoms with Gasteiger partial charge in [0.25, 0.3) is 0 Å². The summed E-state index contributed by atoms with van der Waals surface area (Å²) in [6, 6.07) is 16.9. The van der Waals surface area contributed by atoms with Crippen molar-refractivity contribution < 1.29 is 14.3 Å². The molecule has 2 aromatic carbocycles. The number of para-hydroxylation sites is 3. The fourth-order valence-electron chi connectivity index (χ4n) is 3.44. The third kappa shape index (κ3) is 5.22. The summed E-state index contributed by atoms with van der Waals surface area (Å²) < 4.78 is 5.91. The molecule has 0 aromatic heterocycles. The molecule has 0 saturated heterocycles. The molecule has 0 atom stereocenters. The van der Waals surface area contributed by atoms with Gasteiger partial charge < -0.3 is 15.4 Å². The Labute approximate surface area is 165 Å². The van der Waals surface area contributed by atoms with Crippen LogP contribution in [0.2, 0.25) is 0 Å². The fourth-order valence-corrected chi connectivity index (χ4v) is 3.44. The van der Waals surface area contributed by atoms with Gasteiger partial charge >= 0.3 is 0 Å². The molecule has 2 aromatic rings. The van der Waals surface area contributed by atoms with E-state index in [0.717, 1.165) is 18.6 Å². The van der Waals surface area contributed by atoms with Gasteiger partial charge in [0.15, 0.2) is 5.75 Å². The summed E-state index contributed by atoms with van der Waals surface area (Å²) in [5, 5.41) is 5.84. The molecule has 2 amide bonds. The lowest BCUT2D eigenvalue weighted by Gasteiger charge is -2.27. The Morgan fingerprint density at radius 1 is 0.929 bits per heavy atom. The summed E-state index contributed by atoms with van der Waals surface area (Å²) in [5.41, 5.74) is 0.655. The van der Waals surface area contributed by atoms with Crippen molar-refractivity contribution in [3.05, 3.63) is 67.3 Å². The maximum Gasteiger partial charge on any atom is 0.227 e. The van der Waals surface area contributed by atoms with E-state index in [2.05, 4.69) is 17.2 Å². The van der Waals surface area contributed by atoms with Crippen molar-refractivity contribution in [3.8, 4) is 11.5 Å². The molecule has 0 bridgehead atoms. The van der Waals surface area contributed by atoms with Crippen LogP contribution in [-0.4, -0.2) is 18.4 Å². The Morgan fingerprint density at radius 3 is 2.21 bits per heavy atom. The second kappa shape index (κ2) is 9.74. The molecule has 0 unspecified atom stereocenters. The highest BCUT2D eigenvalue weighted by Gasteiger charge is 2.30. The number of hydrogen-bond donors (Lipinski definition) is 2. The largest absolute Gasteiger partial charge is 0.455 e. The molecule has 3 rings (SSSR count). The first-order valence-corrected chi connectivity index (χ1v) is 9.68. The van der Waals surface area contributed by atoms with Gasteiger partial charge in [0.05, 0.1) is 5.69 Å². The van der Waals surface area contributed by atoms with Crippen LogP contribution in [0.15, 0.2) is 67.3 Å². The highest BCUT2D eigenvalue weighted by atomic mass is 16.5. The monoisotopic (exact) mass is 378 g/mol. The molecule has 2 N–H and O–H groups in total. The van der Waals surface area contributed by atoms with Crippen LogP contribution in [0.5, 0.6) is 11.5 Å². The predicted molar refractivity (Wildman–Crippen MR) is 110 cm³/mol. The summed E-state index contributed by atoms with van der Waals surface area (Å²) in [6.07, 6.45) is 4.54. The Balaban J connectivity index is 1.57. The summed E-state index contributed by atoms with van der Waals surface area (Å²) in [6.45, 7) is 4.09. The molecule has 1 aliphatic carbocycles. The summed E-state index contributed by atoms with van der Waals surface area (Å²) >= 11 is 0. The average Bonchev–Trinajstić information content (AvgIpc) is 2.74. The highest BCUT2D eigenvalue weighted by Crippen LogP contribution is 2.33. The number of hydrogen-bond acceptors (Lipinski definition) is 3. The van der Waals surface area contributed by atoms with Crippen LogP contribution in [-0.2, 0) is 9.59 Å². The van der Waals surface area contributed by atoms with Crippen molar-refractivity contribution in [3.63, 3.8) is 0 Å². The molecular weight excluding hydrogens is 352 g/mol. The third-order valence-corrected chi connectivity index (χ3v) is 5.01. The number of anilines is 1. The van der Waals surface area contributed by atoms with E-state index in [9.17, 15) is 9.59 Å². The number of carbonyl (C=O) groups excluding carboxylic acids is 2. The number of amides is 2. The van der Waals surface area contributed by atoms with Gasteiger partial charge in [-0.2, -0.15) is 0 Å². The maximum absolute atomic E-state index is 12.7. The minimum absolute atomic E-state index is 0.0160. The second-order valence-corrected chi connectivity index (χ2v) is 6.98. The van der Waals surface area contributed by atoms with Gasteiger partial charge in [0.1, 0.15) is 5.75 Å². The van der Waals surface area contributed by atoms with Crippen molar-refractivity contribution in [2.24, 2.45) is 11.8 Å². The normalized spacial score (nSPS) is 18.7. The van der Waals surface area contributed by atoms with Crippen molar-refractivity contribution in [2.75, 3.05) is 11.9 Å². The summed E-state index contributed by atoms with van der Waals surface area (Å²) in [5.74, 6) is 1.26. The van der Waals surface area contributed by atoms with Crippen LogP contribution in [0.25, 0.3) is 0 Å². The average molecular weight is 378 g/mol. The molecule has 1 saturated carbocycles. The van der Waals surface area contributed by atoms with Gasteiger partial charge in [0.2, 0.25) is 11.8 Å². The fraction of sp³-hybridized carbons (Fsp3) is 0.304. The number of rotatable bonds is 7. The standard InChI is InChI=1S/C23H26N2O3/c1-2-16-24-22(26)17-12-14-18(15-13-17)23(27)25-20-10-6-7-11-21(20)28-19-8-4-3-5-9-19/h2-11,17-18H,1,12-16H2,(H,24,26)(H,25,27). The van der Waals surface area contributed by atoms with Crippen LogP contribution >= 0.6 is 0 Å². The number of benzene rings is 2. The Hall–Kier alpha value is -3.08. The highest BCUT2D eigenvalue weighted by molar-refractivity contribution is 5.94. The van der Waals surface area contributed by atoms with Crippen molar-refractivity contribution >= 4 is 17.5 Å². The Morgan fingerprint density at radius 2 is 1.54 bits per heavy atom. The van der Waals surface area contributed by atoms with E-state index in [1.165, 1.54) is 0 Å². The van der Waals surface area contributed by atoms with Gasteiger partial charge in [-0.05, 0) is 49.9 Å². The zero-order valence-electron chi connectivity index (χ0n) is 15.9. The Kier molecular flexibility index (Phi) is 6.84. The number of ether oxygens (including phenoxy) is 1. The third-order valence-electron chi connectivity index (χ3n) is 5.01.